The molecule has 0 fully saturated rings. The lowest BCUT2D eigenvalue weighted by atomic mass is 10.1. The third-order valence-electron chi connectivity index (χ3n) is 6.81. The lowest BCUT2D eigenvalue weighted by molar-refractivity contribution is -0.119. The number of fused-ring (bicyclic) bond motifs is 1. The van der Waals surface area contributed by atoms with Gasteiger partial charge in [-0.3, -0.25) is 9.10 Å². The number of sulfonamides is 1. The van der Waals surface area contributed by atoms with E-state index in [4.69, 9.17) is 21.1 Å². The van der Waals surface area contributed by atoms with E-state index in [0.29, 0.717) is 17.9 Å². The van der Waals surface area contributed by atoms with E-state index >= 15 is 0 Å². The highest BCUT2D eigenvalue weighted by molar-refractivity contribution is 7.92. The average Bonchev–Trinajstić information content (AvgIpc) is 3.03. The smallest absolute Gasteiger partial charge is 0.264 e. The second-order valence-corrected chi connectivity index (χ2v) is 12.3. The van der Waals surface area contributed by atoms with Crippen molar-refractivity contribution in [3.8, 4) is 11.5 Å². The number of hydrogen-bond donors (Lipinski definition) is 1. The van der Waals surface area contributed by atoms with Gasteiger partial charge in [-0.1, -0.05) is 65.7 Å². The van der Waals surface area contributed by atoms with Crippen LogP contribution in [0.1, 0.15) is 16.7 Å². The van der Waals surface area contributed by atoms with Crippen LogP contribution in [0.25, 0.3) is 10.8 Å². The Hall–Kier alpha value is -4.86. The molecule has 0 unspecified atom stereocenters. The molecule has 0 aliphatic heterocycles. The Morgan fingerprint density at radius 2 is 1.64 bits per heavy atom. The SMILES string of the molecule is COc1ccc(Cl)cc1N(CC(=O)N/N=C\c1ccc(OCc2ccc3ccccc3c2)cc1)S(=O)(=O)c1ccc(C)cc1. The molecule has 5 aromatic rings. The quantitative estimate of drug-likeness (QED) is 0.129. The van der Waals surface area contributed by atoms with Gasteiger partial charge in [-0.15, -0.1) is 0 Å². The van der Waals surface area contributed by atoms with Crippen molar-refractivity contribution in [3.63, 3.8) is 0 Å². The molecule has 224 valence electrons. The molecule has 0 aliphatic rings. The second kappa shape index (κ2) is 13.6. The van der Waals surface area contributed by atoms with Crippen molar-refractivity contribution in [3.05, 3.63) is 131 Å². The average molecular weight is 628 g/mol. The van der Waals surface area contributed by atoms with E-state index in [9.17, 15) is 13.2 Å². The maximum atomic E-state index is 13.7. The largest absolute Gasteiger partial charge is 0.495 e. The lowest BCUT2D eigenvalue weighted by Crippen LogP contribution is -2.39. The maximum absolute atomic E-state index is 13.7. The monoisotopic (exact) mass is 627 g/mol. The van der Waals surface area contributed by atoms with Crippen molar-refractivity contribution in [2.75, 3.05) is 18.0 Å². The summed E-state index contributed by atoms with van der Waals surface area (Å²) in [5.74, 6) is 0.269. The molecule has 44 heavy (non-hydrogen) atoms. The van der Waals surface area contributed by atoms with E-state index < -0.39 is 22.5 Å². The Balaban J connectivity index is 1.25. The number of halogens is 1. The van der Waals surface area contributed by atoms with E-state index in [1.807, 2.05) is 37.3 Å². The topological polar surface area (TPSA) is 97.3 Å². The lowest BCUT2D eigenvalue weighted by Gasteiger charge is -2.25. The molecule has 0 bridgehead atoms. The van der Waals surface area contributed by atoms with Crippen LogP contribution >= 0.6 is 11.6 Å². The van der Waals surface area contributed by atoms with Gasteiger partial charge in [0.05, 0.1) is 23.9 Å². The molecule has 0 aromatic heterocycles. The Morgan fingerprint density at radius 3 is 2.36 bits per heavy atom. The third kappa shape index (κ3) is 7.37. The summed E-state index contributed by atoms with van der Waals surface area (Å²) >= 11 is 6.20. The van der Waals surface area contributed by atoms with Gasteiger partial charge in [0.25, 0.3) is 15.9 Å². The summed E-state index contributed by atoms with van der Waals surface area (Å²) in [6, 6.07) is 32.5. The predicted molar refractivity (Wildman–Crippen MR) is 174 cm³/mol. The fourth-order valence-electron chi connectivity index (χ4n) is 4.49. The van der Waals surface area contributed by atoms with E-state index in [-0.39, 0.29) is 21.4 Å². The fraction of sp³-hybridized carbons (Fsp3) is 0.118. The maximum Gasteiger partial charge on any atom is 0.264 e. The van der Waals surface area contributed by atoms with Crippen molar-refractivity contribution < 1.29 is 22.7 Å². The van der Waals surface area contributed by atoms with Gasteiger partial charge >= 0.3 is 0 Å². The molecule has 1 N–H and O–H groups in total. The number of carbonyl (C=O) groups excluding carboxylic acids is 1. The number of benzene rings is 5. The van der Waals surface area contributed by atoms with Crippen LogP contribution in [0.15, 0.2) is 119 Å². The van der Waals surface area contributed by atoms with Crippen molar-refractivity contribution in [1.29, 1.82) is 0 Å². The molecule has 10 heteroatoms. The summed E-state index contributed by atoms with van der Waals surface area (Å²) in [7, 11) is -2.76. The van der Waals surface area contributed by atoms with Gasteiger partial charge in [0.2, 0.25) is 0 Å². The highest BCUT2D eigenvalue weighted by Crippen LogP contribution is 2.34. The molecule has 1 amide bonds. The number of rotatable bonds is 11. The first-order valence-electron chi connectivity index (χ1n) is 13.7. The summed E-state index contributed by atoms with van der Waals surface area (Å²) < 4.78 is 39.6. The van der Waals surface area contributed by atoms with Crippen LogP contribution in [0.3, 0.4) is 0 Å². The number of amides is 1. The van der Waals surface area contributed by atoms with Gasteiger partial charge < -0.3 is 9.47 Å². The molecule has 0 saturated heterocycles. The number of nitrogens with zero attached hydrogens (tertiary/aromatic N) is 2. The zero-order chi connectivity index (χ0) is 31.1. The molecular formula is C34H30ClN3O5S. The molecule has 0 spiro atoms. The highest BCUT2D eigenvalue weighted by Gasteiger charge is 2.29. The van der Waals surface area contributed by atoms with Crippen LogP contribution in [0, 0.1) is 6.92 Å². The van der Waals surface area contributed by atoms with Crippen molar-refractivity contribution >= 4 is 50.2 Å². The number of nitrogens with one attached hydrogen (secondary N) is 1. The first-order chi connectivity index (χ1) is 21.2. The Kier molecular flexibility index (Phi) is 9.47. The number of aryl methyl sites for hydroxylation is 1. The molecule has 0 saturated carbocycles. The van der Waals surface area contributed by atoms with Crippen LogP contribution in [-0.2, 0) is 21.4 Å². The Morgan fingerprint density at radius 1 is 0.909 bits per heavy atom. The molecule has 0 radical (unpaired) electrons. The molecule has 0 atom stereocenters. The van der Waals surface area contributed by atoms with Gasteiger partial charge in [0.15, 0.2) is 0 Å². The Bertz CT molecular complexity index is 1910. The number of carbonyl (C=O) groups is 1. The Labute approximate surface area is 261 Å². The summed E-state index contributed by atoms with van der Waals surface area (Å²) in [6.45, 7) is 1.71. The first kappa shape index (κ1) is 30.6. The second-order valence-electron chi connectivity index (χ2n) is 9.97. The third-order valence-corrected chi connectivity index (χ3v) is 8.82. The number of hydrazone groups is 1. The van der Waals surface area contributed by atoms with Gasteiger partial charge in [-0.2, -0.15) is 5.10 Å². The number of methoxy groups -OCH3 is 1. The number of anilines is 1. The highest BCUT2D eigenvalue weighted by atomic mass is 35.5. The van der Waals surface area contributed by atoms with Crippen molar-refractivity contribution in [2.24, 2.45) is 5.10 Å². The zero-order valence-electron chi connectivity index (χ0n) is 24.1. The molecule has 5 rings (SSSR count). The molecule has 0 heterocycles. The molecule has 8 nitrogen and oxygen atoms in total. The van der Waals surface area contributed by atoms with Gasteiger partial charge in [0.1, 0.15) is 24.7 Å². The summed E-state index contributed by atoms with van der Waals surface area (Å²) in [5, 5.41) is 6.64. The molecular weight excluding hydrogens is 598 g/mol. The molecule has 0 aliphatic carbocycles. The number of ether oxygens (including phenoxy) is 2. The van der Waals surface area contributed by atoms with E-state index in [1.165, 1.54) is 36.9 Å². The van der Waals surface area contributed by atoms with Crippen LogP contribution in [-0.4, -0.2) is 34.2 Å². The van der Waals surface area contributed by atoms with Gasteiger partial charge in [0, 0.05) is 5.02 Å². The molecule has 5 aromatic carbocycles. The van der Waals surface area contributed by atoms with Crippen LogP contribution in [0.5, 0.6) is 11.5 Å². The van der Waals surface area contributed by atoms with Gasteiger partial charge in [-0.05, 0) is 89.5 Å². The number of hydrogen-bond acceptors (Lipinski definition) is 6. The van der Waals surface area contributed by atoms with Gasteiger partial charge in [-0.25, -0.2) is 13.8 Å². The standard InChI is InChI=1S/C34H30ClN3O5S/c1-24-7-16-31(17-8-24)44(40,41)38(32-20-29(35)13-18-33(32)42-2)22-34(39)37-36-21-25-10-14-30(15-11-25)43-23-26-9-12-27-5-3-4-6-28(27)19-26/h3-21H,22-23H2,1-2H3,(H,37,39)/b36-21-. The minimum atomic E-state index is -4.17. The zero-order valence-corrected chi connectivity index (χ0v) is 25.7. The normalized spacial score (nSPS) is 11.4. The van der Waals surface area contributed by atoms with E-state index in [0.717, 1.165) is 20.8 Å². The van der Waals surface area contributed by atoms with Crippen molar-refractivity contribution in [1.82, 2.24) is 5.43 Å². The first-order valence-corrected chi connectivity index (χ1v) is 15.5. The van der Waals surface area contributed by atoms with Crippen LogP contribution in [0.2, 0.25) is 5.02 Å². The minimum absolute atomic E-state index is 0.0179. The van der Waals surface area contributed by atoms with E-state index in [1.54, 1.807) is 36.4 Å². The van der Waals surface area contributed by atoms with E-state index in [2.05, 4.69) is 34.8 Å². The summed E-state index contributed by atoms with van der Waals surface area (Å²) in [6.07, 6.45) is 1.46. The van der Waals surface area contributed by atoms with Crippen LogP contribution in [0.4, 0.5) is 5.69 Å². The minimum Gasteiger partial charge on any atom is -0.495 e. The fourth-order valence-corrected chi connectivity index (χ4v) is 6.07. The van der Waals surface area contributed by atoms with Crippen LogP contribution < -0.4 is 19.2 Å². The predicted octanol–water partition coefficient (Wildman–Crippen LogP) is 6.73. The summed E-state index contributed by atoms with van der Waals surface area (Å²) in [5.41, 5.74) is 5.20. The summed E-state index contributed by atoms with van der Waals surface area (Å²) in [4.78, 5) is 13.0. The van der Waals surface area contributed by atoms with Crippen molar-refractivity contribution in [2.45, 2.75) is 18.4 Å².